The SMILES string of the molecule is CC(C)(C)OC(=O)C(CCC1CC1)C(CCC(F)(F)F)C(=O)O. The Morgan fingerprint density at radius 2 is 1.70 bits per heavy atom. The predicted molar refractivity (Wildman–Crippen MR) is 77.7 cm³/mol. The summed E-state index contributed by atoms with van der Waals surface area (Å²) in [6, 6.07) is 0. The van der Waals surface area contributed by atoms with E-state index in [1.807, 2.05) is 0 Å². The molecule has 134 valence electrons. The fraction of sp³-hybridized carbons (Fsp3) is 0.875. The van der Waals surface area contributed by atoms with Crippen LogP contribution in [-0.2, 0) is 14.3 Å². The van der Waals surface area contributed by atoms with Gasteiger partial charge in [0.25, 0.3) is 0 Å². The smallest absolute Gasteiger partial charge is 0.389 e. The lowest BCUT2D eigenvalue weighted by molar-refractivity contribution is -0.170. The molecule has 1 rings (SSSR count). The molecule has 0 aromatic heterocycles. The standard InChI is InChI=1S/C16H25F3O4/c1-15(2,3)23-14(22)12(7-6-10-4-5-10)11(13(20)21)8-9-16(17,18)19/h10-12H,4-9H2,1-3H3,(H,20,21). The number of alkyl halides is 3. The molecule has 0 spiro atoms. The summed E-state index contributed by atoms with van der Waals surface area (Å²) in [4.78, 5) is 23.7. The van der Waals surface area contributed by atoms with E-state index in [0.717, 1.165) is 12.8 Å². The number of carboxylic acids is 1. The van der Waals surface area contributed by atoms with Gasteiger partial charge in [0.1, 0.15) is 5.60 Å². The van der Waals surface area contributed by atoms with E-state index in [1.54, 1.807) is 20.8 Å². The monoisotopic (exact) mass is 338 g/mol. The average Bonchev–Trinajstić information content (AvgIpc) is 3.12. The van der Waals surface area contributed by atoms with Crippen LogP contribution in [0.5, 0.6) is 0 Å². The second kappa shape index (κ2) is 7.53. The van der Waals surface area contributed by atoms with E-state index in [4.69, 9.17) is 4.74 Å². The highest BCUT2D eigenvalue weighted by Crippen LogP contribution is 2.38. The molecule has 0 radical (unpaired) electrons. The van der Waals surface area contributed by atoms with Crippen LogP contribution in [0, 0.1) is 17.8 Å². The second-order valence-corrected chi connectivity index (χ2v) is 7.26. The number of halogens is 3. The Bertz CT molecular complexity index is 422. The van der Waals surface area contributed by atoms with Crippen LogP contribution in [0.3, 0.4) is 0 Å². The van der Waals surface area contributed by atoms with Gasteiger partial charge in [0.05, 0.1) is 11.8 Å². The van der Waals surface area contributed by atoms with E-state index in [2.05, 4.69) is 0 Å². The quantitative estimate of drug-likeness (QED) is 0.675. The van der Waals surface area contributed by atoms with E-state index in [0.29, 0.717) is 12.3 Å². The summed E-state index contributed by atoms with van der Waals surface area (Å²) in [5.74, 6) is -4.04. The summed E-state index contributed by atoms with van der Waals surface area (Å²) in [5, 5.41) is 9.29. The maximum absolute atomic E-state index is 12.4. The first kappa shape index (κ1) is 19.8. The lowest BCUT2D eigenvalue weighted by atomic mass is 9.84. The van der Waals surface area contributed by atoms with E-state index in [1.165, 1.54) is 0 Å². The van der Waals surface area contributed by atoms with Gasteiger partial charge in [0.15, 0.2) is 0 Å². The van der Waals surface area contributed by atoms with Crippen LogP contribution < -0.4 is 0 Å². The van der Waals surface area contributed by atoms with Gasteiger partial charge in [-0.15, -0.1) is 0 Å². The van der Waals surface area contributed by atoms with Gasteiger partial charge >= 0.3 is 18.1 Å². The minimum Gasteiger partial charge on any atom is -0.481 e. The highest BCUT2D eigenvalue weighted by molar-refractivity contribution is 5.81. The number of aliphatic carboxylic acids is 1. The van der Waals surface area contributed by atoms with E-state index >= 15 is 0 Å². The Kier molecular flexibility index (Phi) is 6.48. The summed E-state index contributed by atoms with van der Waals surface area (Å²) < 4.78 is 42.5. The van der Waals surface area contributed by atoms with Crippen molar-refractivity contribution in [1.29, 1.82) is 0 Å². The molecule has 7 heteroatoms. The van der Waals surface area contributed by atoms with Crippen molar-refractivity contribution in [2.75, 3.05) is 0 Å². The highest BCUT2D eigenvalue weighted by atomic mass is 19.4. The molecule has 0 heterocycles. The van der Waals surface area contributed by atoms with Gasteiger partial charge in [-0.2, -0.15) is 13.2 Å². The van der Waals surface area contributed by atoms with Crippen LogP contribution in [0.25, 0.3) is 0 Å². The first-order valence-corrected chi connectivity index (χ1v) is 7.91. The largest absolute Gasteiger partial charge is 0.481 e. The fourth-order valence-electron chi connectivity index (χ4n) is 2.50. The molecule has 4 nitrogen and oxygen atoms in total. The molecule has 0 bridgehead atoms. The Hall–Kier alpha value is -1.27. The third-order valence-corrected chi connectivity index (χ3v) is 3.83. The molecule has 2 atom stereocenters. The highest BCUT2D eigenvalue weighted by Gasteiger charge is 2.40. The summed E-state index contributed by atoms with van der Waals surface area (Å²) >= 11 is 0. The van der Waals surface area contributed by atoms with Crippen LogP contribution in [0.4, 0.5) is 13.2 Å². The Balaban J connectivity index is 2.82. The molecule has 1 aliphatic rings. The molecule has 1 aliphatic carbocycles. The normalized spacial score (nSPS) is 18.3. The van der Waals surface area contributed by atoms with Crippen LogP contribution in [0.15, 0.2) is 0 Å². The van der Waals surface area contributed by atoms with E-state index < -0.39 is 48.4 Å². The number of carbonyl (C=O) groups is 2. The molecular formula is C16H25F3O4. The molecule has 23 heavy (non-hydrogen) atoms. The molecule has 0 aromatic rings. The lowest BCUT2D eigenvalue weighted by Crippen LogP contribution is -2.36. The zero-order valence-corrected chi connectivity index (χ0v) is 13.8. The Morgan fingerprint density at radius 3 is 2.09 bits per heavy atom. The molecule has 2 unspecified atom stereocenters. The number of carboxylic acid groups (broad SMARTS) is 1. The summed E-state index contributed by atoms with van der Waals surface area (Å²) in [6.45, 7) is 4.94. The first-order chi connectivity index (χ1) is 10.4. The van der Waals surface area contributed by atoms with Crippen LogP contribution >= 0.6 is 0 Å². The number of rotatable bonds is 8. The van der Waals surface area contributed by atoms with Gasteiger partial charge in [-0.25, -0.2) is 0 Å². The van der Waals surface area contributed by atoms with Crippen molar-refractivity contribution >= 4 is 11.9 Å². The van der Waals surface area contributed by atoms with Crippen LogP contribution in [-0.4, -0.2) is 28.8 Å². The van der Waals surface area contributed by atoms with Crippen molar-refractivity contribution in [1.82, 2.24) is 0 Å². The minimum absolute atomic E-state index is 0.258. The predicted octanol–water partition coefficient (Wildman–Crippen LogP) is 4.18. The minimum atomic E-state index is -4.44. The van der Waals surface area contributed by atoms with Gasteiger partial charge in [-0.1, -0.05) is 12.8 Å². The Morgan fingerprint density at radius 1 is 1.13 bits per heavy atom. The molecule has 0 saturated heterocycles. The zero-order valence-electron chi connectivity index (χ0n) is 13.8. The van der Waals surface area contributed by atoms with E-state index in [9.17, 15) is 27.9 Å². The van der Waals surface area contributed by atoms with Crippen LogP contribution in [0.2, 0.25) is 0 Å². The molecule has 0 amide bonds. The van der Waals surface area contributed by atoms with Crippen molar-refractivity contribution < 1.29 is 32.6 Å². The zero-order chi connectivity index (χ0) is 17.8. The summed E-state index contributed by atoms with van der Waals surface area (Å²) in [7, 11) is 0. The molecule has 1 N–H and O–H groups in total. The van der Waals surface area contributed by atoms with Gasteiger partial charge in [0, 0.05) is 6.42 Å². The van der Waals surface area contributed by atoms with Gasteiger partial charge in [-0.3, -0.25) is 9.59 Å². The lowest BCUT2D eigenvalue weighted by Gasteiger charge is -2.27. The fourth-order valence-corrected chi connectivity index (χ4v) is 2.50. The third-order valence-electron chi connectivity index (χ3n) is 3.83. The second-order valence-electron chi connectivity index (χ2n) is 7.26. The molecule has 1 fully saturated rings. The van der Waals surface area contributed by atoms with Gasteiger partial charge in [-0.05, 0) is 46.0 Å². The van der Waals surface area contributed by atoms with Crippen molar-refractivity contribution in [3.8, 4) is 0 Å². The van der Waals surface area contributed by atoms with E-state index in [-0.39, 0.29) is 6.42 Å². The number of hydrogen-bond donors (Lipinski definition) is 1. The topological polar surface area (TPSA) is 63.6 Å². The molecule has 0 aliphatic heterocycles. The number of ether oxygens (including phenoxy) is 1. The number of hydrogen-bond acceptors (Lipinski definition) is 3. The summed E-state index contributed by atoms with van der Waals surface area (Å²) in [6.07, 6.45) is -3.29. The first-order valence-electron chi connectivity index (χ1n) is 7.91. The van der Waals surface area contributed by atoms with Crippen molar-refractivity contribution in [2.45, 2.75) is 71.1 Å². The van der Waals surface area contributed by atoms with Gasteiger partial charge in [0.2, 0.25) is 0 Å². The Labute approximate surface area is 134 Å². The third kappa shape index (κ3) is 8.23. The van der Waals surface area contributed by atoms with Gasteiger partial charge < -0.3 is 9.84 Å². The average molecular weight is 338 g/mol. The van der Waals surface area contributed by atoms with Crippen molar-refractivity contribution in [3.63, 3.8) is 0 Å². The van der Waals surface area contributed by atoms with Crippen molar-refractivity contribution in [3.05, 3.63) is 0 Å². The summed E-state index contributed by atoms with van der Waals surface area (Å²) in [5.41, 5.74) is -0.804. The molecular weight excluding hydrogens is 313 g/mol. The molecule has 0 aromatic carbocycles. The molecule has 1 saturated carbocycles. The van der Waals surface area contributed by atoms with Crippen LogP contribution in [0.1, 0.15) is 59.3 Å². The van der Waals surface area contributed by atoms with Crippen molar-refractivity contribution in [2.24, 2.45) is 17.8 Å². The maximum Gasteiger partial charge on any atom is 0.389 e. The number of esters is 1. The maximum atomic E-state index is 12.4. The number of carbonyl (C=O) groups excluding carboxylic acids is 1.